The average molecular weight is 289 g/mol. The number of aromatic nitrogens is 2. The molecule has 1 N–H and O–H groups in total. The van der Waals surface area contributed by atoms with Crippen LogP contribution in [0.1, 0.15) is 31.0 Å². The second-order valence-corrected chi connectivity index (χ2v) is 5.29. The molecule has 0 radical (unpaired) electrons. The molecule has 1 aromatic heterocycles. The number of ether oxygens (including phenoxy) is 2. The van der Waals surface area contributed by atoms with E-state index < -0.39 is 0 Å². The number of hydrogen-bond acceptors (Lipinski definition) is 4. The number of aryl methyl sites for hydroxylation is 1. The highest BCUT2D eigenvalue weighted by molar-refractivity contribution is 5.60. The lowest BCUT2D eigenvalue weighted by molar-refractivity contribution is 0.404. The van der Waals surface area contributed by atoms with Gasteiger partial charge in [-0.15, -0.1) is 0 Å². The number of anilines is 1. The third-order valence-electron chi connectivity index (χ3n) is 3.36. The van der Waals surface area contributed by atoms with Crippen LogP contribution in [0.4, 0.5) is 5.69 Å². The normalized spacial score (nSPS) is 10.8. The summed E-state index contributed by atoms with van der Waals surface area (Å²) >= 11 is 0. The first-order valence-corrected chi connectivity index (χ1v) is 7.03. The van der Waals surface area contributed by atoms with Crippen molar-refractivity contribution in [2.45, 2.75) is 26.3 Å². The van der Waals surface area contributed by atoms with Gasteiger partial charge in [0.2, 0.25) is 0 Å². The van der Waals surface area contributed by atoms with Gasteiger partial charge in [0.15, 0.2) is 0 Å². The monoisotopic (exact) mass is 289 g/mol. The van der Waals surface area contributed by atoms with Gasteiger partial charge in [0.25, 0.3) is 0 Å². The van der Waals surface area contributed by atoms with Crippen LogP contribution in [0.15, 0.2) is 24.4 Å². The summed E-state index contributed by atoms with van der Waals surface area (Å²) in [6.45, 7) is 5.00. The summed E-state index contributed by atoms with van der Waals surface area (Å²) in [5, 5.41) is 7.92. The summed E-state index contributed by atoms with van der Waals surface area (Å²) in [4.78, 5) is 0. The molecule has 0 spiro atoms. The molecule has 0 aliphatic carbocycles. The van der Waals surface area contributed by atoms with Crippen molar-refractivity contribution in [1.29, 1.82) is 0 Å². The molecule has 0 saturated carbocycles. The maximum atomic E-state index is 5.38. The van der Waals surface area contributed by atoms with E-state index in [2.05, 4.69) is 30.5 Å². The van der Waals surface area contributed by atoms with Crippen molar-refractivity contribution in [2.24, 2.45) is 7.05 Å². The molecule has 21 heavy (non-hydrogen) atoms. The minimum Gasteiger partial charge on any atom is -0.497 e. The molecular weight excluding hydrogens is 266 g/mol. The Morgan fingerprint density at radius 1 is 1.24 bits per heavy atom. The highest BCUT2D eigenvalue weighted by Crippen LogP contribution is 2.29. The summed E-state index contributed by atoms with van der Waals surface area (Å²) < 4.78 is 12.5. The molecule has 2 rings (SSSR count). The van der Waals surface area contributed by atoms with Gasteiger partial charge >= 0.3 is 0 Å². The molecule has 1 heterocycles. The lowest BCUT2D eigenvalue weighted by atomic mass is 10.1. The molecule has 0 unspecified atom stereocenters. The Bertz CT molecular complexity index is 606. The van der Waals surface area contributed by atoms with Gasteiger partial charge in [-0.25, -0.2) is 0 Å². The topological polar surface area (TPSA) is 48.3 Å². The third kappa shape index (κ3) is 3.48. The zero-order valence-electron chi connectivity index (χ0n) is 13.3. The number of hydrogen-bond donors (Lipinski definition) is 1. The first-order chi connectivity index (χ1) is 10.0. The molecule has 114 valence electrons. The zero-order valence-corrected chi connectivity index (χ0v) is 13.3. The zero-order chi connectivity index (χ0) is 15.4. The Labute approximate surface area is 125 Å². The first-order valence-electron chi connectivity index (χ1n) is 7.03. The molecule has 0 aliphatic heterocycles. The molecule has 0 fully saturated rings. The number of methoxy groups -OCH3 is 2. The molecule has 5 nitrogen and oxygen atoms in total. The van der Waals surface area contributed by atoms with Crippen LogP contribution in [0.25, 0.3) is 0 Å². The molecule has 0 aliphatic rings. The number of nitrogens with zero attached hydrogens (tertiary/aromatic N) is 2. The van der Waals surface area contributed by atoms with E-state index in [0.717, 1.165) is 22.9 Å². The molecule has 0 bridgehead atoms. The van der Waals surface area contributed by atoms with Crippen LogP contribution in [0.5, 0.6) is 11.5 Å². The van der Waals surface area contributed by atoms with Gasteiger partial charge in [0.1, 0.15) is 11.5 Å². The summed E-state index contributed by atoms with van der Waals surface area (Å²) in [7, 11) is 5.27. The van der Waals surface area contributed by atoms with Crippen molar-refractivity contribution in [3.8, 4) is 11.5 Å². The highest BCUT2D eigenvalue weighted by Gasteiger charge is 2.12. The average Bonchev–Trinajstić information content (AvgIpc) is 2.86. The van der Waals surface area contributed by atoms with Crippen molar-refractivity contribution >= 4 is 5.69 Å². The lowest BCUT2D eigenvalue weighted by Crippen LogP contribution is -2.04. The predicted molar refractivity (Wildman–Crippen MR) is 84.2 cm³/mol. The van der Waals surface area contributed by atoms with E-state index in [1.54, 1.807) is 14.2 Å². The van der Waals surface area contributed by atoms with E-state index in [0.29, 0.717) is 12.5 Å². The van der Waals surface area contributed by atoms with Crippen LogP contribution >= 0.6 is 0 Å². The molecular formula is C16H23N3O2. The molecule has 2 aromatic rings. The quantitative estimate of drug-likeness (QED) is 0.887. The largest absolute Gasteiger partial charge is 0.497 e. The van der Waals surface area contributed by atoms with Gasteiger partial charge in [-0.2, -0.15) is 5.10 Å². The molecule has 0 atom stereocenters. The van der Waals surface area contributed by atoms with Crippen LogP contribution in [-0.4, -0.2) is 24.0 Å². The van der Waals surface area contributed by atoms with Gasteiger partial charge in [0.05, 0.1) is 25.6 Å². The molecule has 5 heteroatoms. The third-order valence-corrected chi connectivity index (χ3v) is 3.36. The second kappa shape index (κ2) is 6.52. The van der Waals surface area contributed by atoms with Crippen molar-refractivity contribution in [3.05, 3.63) is 35.7 Å². The molecule has 0 amide bonds. The van der Waals surface area contributed by atoms with E-state index in [-0.39, 0.29) is 0 Å². The maximum Gasteiger partial charge on any atom is 0.142 e. The SMILES string of the molecule is COc1ccc(OC)c(NCc2cn(C)nc2C(C)C)c1. The fourth-order valence-electron chi connectivity index (χ4n) is 2.32. The minimum absolute atomic E-state index is 0.398. The summed E-state index contributed by atoms with van der Waals surface area (Å²) in [6.07, 6.45) is 2.05. The summed E-state index contributed by atoms with van der Waals surface area (Å²) in [6, 6.07) is 5.71. The maximum absolute atomic E-state index is 5.38. The van der Waals surface area contributed by atoms with E-state index >= 15 is 0 Å². The van der Waals surface area contributed by atoms with Crippen molar-refractivity contribution < 1.29 is 9.47 Å². The Morgan fingerprint density at radius 2 is 2.00 bits per heavy atom. The minimum atomic E-state index is 0.398. The fourth-order valence-corrected chi connectivity index (χ4v) is 2.32. The fraction of sp³-hybridized carbons (Fsp3) is 0.438. The van der Waals surface area contributed by atoms with Gasteiger partial charge in [-0.1, -0.05) is 13.8 Å². The second-order valence-electron chi connectivity index (χ2n) is 5.29. The van der Waals surface area contributed by atoms with E-state index in [9.17, 15) is 0 Å². The van der Waals surface area contributed by atoms with E-state index in [1.165, 1.54) is 5.56 Å². The Balaban J connectivity index is 2.19. The van der Waals surface area contributed by atoms with Gasteiger partial charge in [-0.05, 0) is 18.1 Å². The van der Waals surface area contributed by atoms with E-state index in [1.807, 2.05) is 29.9 Å². The Kier molecular flexibility index (Phi) is 4.73. The lowest BCUT2D eigenvalue weighted by Gasteiger charge is -2.13. The van der Waals surface area contributed by atoms with Crippen LogP contribution in [0.2, 0.25) is 0 Å². The highest BCUT2D eigenvalue weighted by atomic mass is 16.5. The number of nitrogens with one attached hydrogen (secondary N) is 1. The van der Waals surface area contributed by atoms with Crippen molar-refractivity contribution in [3.63, 3.8) is 0 Å². The van der Waals surface area contributed by atoms with E-state index in [4.69, 9.17) is 9.47 Å². The van der Waals surface area contributed by atoms with Gasteiger partial charge in [0, 0.05) is 31.4 Å². The van der Waals surface area contributed by atoms with Crippen LogP contribution in [0, 0.1) is 0 Å². The van der Waals surface area contributed by atoms with Crippen molar-refractivity contribution in [1.82, 2.24) is 9.78 Å². The summed E-state index contributed by atoms with van der Waals surface area (Å²) in [5.41, 5.74) is 3.22. The number of benzene rings is 1. The Hall–Kier alpha value is -2.17. The van der Waals surface area contributed by atoms with Crippen LogP contribution < -0.4 is 14.8 Å². The predicted octanol–water partition coefficient (Wildman–Crippen LogP) is 3.17. The first kappa shape index (κ1) is 15.2. The molecule has 0 saturated heterocycles. The van der Waals surface area contributed by atoms with Crippen molar-refractivity contribution in [2.75, 3.05) is 19.5 Å². The standard InChI is InChI=1S/C16H23N3O2/c1-11(2)16-12(10-19(3)18-16)9-17-14-8-13(20-4)6-7-15(14)21-5/h6-8,10-11,17H,9H2,1-5H3. The smallest absolute Gasteiger partial charge is 0.142 e. The van der Waals surface area contributed by atoms with Crippen LogP contribution in [-0.2, 0) is 13.6 Å². The van der Waals surface area contributed by atoms with Gasteiger partial charge < -0.3 is 14.8 Å². The molecule has 1 aromatic carbocycles. The number of rotatable bonds is 6. The van der Waals surface area contributed by atoms with Gasteiger partial charge in [-0.3, -0.25) is 4.68 Å². The Morgan fingerprint density at radius 3 is 2.62 bits per heavy atom. The van der Waals surface area contributed by atoms with Crippen LogP contribution in [0.3, 0.4) is 0 Å². The summed E-state index contributed by atoms with van der Waals surface area (Å²) in [5.74, 6) is 1.99.